The number of nitrogens with two attached hydrogens (primary N) is 2. The van der Waals surface area contributed by atoms with E-state index in [0.29, 0.717) is 6.42 Å². The number of carboxylic acids is 2. The number of hydrogen-bond donors (Lipinski definition) is 6. The van der Waals surface area contributed by atoms with Gasteiger partial charge in [-0.1, -0.05) is 20.3 Å². The Morgan fingerprint density at radius 1 is 1.04 bits per heavy atom. The zero-order chi connectivity index (χ0) is 20.4. The zero-order valence-corrected chi connectivity index (χ0v) is 14.7. The highest BCUT2D eigenvalue weighted by atomic mass is 16.4. The first kappa shape index (κ1) is 23.3. The highest BCUT2D eigenvalue weighted by molar-refractivity contribution is 5.94. The van der Waals surface area contributed by atoms with Crippen LogP contribution in [0.5, 0.6) is 0 Å². The lowest BCUT2D eigenvalue weighted by Gasteiger charge is -2.24. The summed E-state index contributed by atoms with van der Waals surface area (Å²) in [5.74, 6) is -5.50. The predicted molar refractivity (Wildman–Crippen MR) is 89.6 cm³/mol. The van der Waals surface area contributed by atoms with Crippen molar-refractivity contribution in [3.63, 3.8) is 0 Å². The molecule has 26 heavy (non-hydrogen) atoms. The molecule has 0 aromatic carbocycles. The molecular weight excluding hydrogens is 348 g/mol. The molecule has 0 aliphatic heterocycles. The van der Waals surface area contributed by atoms with Crippen molar-refractivity contribution in [3.05, 3.63) is 0 Å². The number of hydrogen-bond acceptors (Lipinski definition) is 6. The van der Waals surface area contributed by atoms with Crippen LogP contribution in [0.4, 0.5) is 0 Å². The Hall–Kier alpha value is -2.69. The summed E-state index contributed by atoms with van der Waals surface area (Å²) >= 11 is 0. The second-order valence-electron chi connectivity index (χ2n) is 5.98. The van der Waals surface area contributed by atoms with E-state index < -0.39 is 60.1 Å². The van der Waals surface area contributed by atoms with E-state index in [-0.39, 0.29) is 12.8 Å². The van der Waals surface area contributed by atoms with E-state index in [0.717, 1.165) is 0 Å². The molecule has 4 unspecified atom stereocenters. The standard InChI is InChI=1S/C15H26N4O7/c1-3-7(2)12(15(25)26)19-14(24)9(6-11(21)22)18-13(23)8(16)4-5-10(17)20/h7-9,12H,3-6,16H2,1-2H3,(H2,17,20)(H,18,23)(H,19,24)(H,21,22)(H,25,26). The van der Waals surface area contributed by atoms with Gasteiger partial charge in [0.05, 0.1) is 12.5 Å². The maximum absolute atomic E-state index is 12.3. The summed E-state index contributed by atoms with van der Waals surface area (Å²) in [5.41, 5.74) is 10.5. The fourth-order valence-electron chi connectivity index (χ4n) is 2.03. The minimum atomic E-state index is -1.51. The Bertz CT molecular complexity index is 552. The van der Waals surface area contributed by atoms with Crippen molar-refractivity contribution in [3.8, 4) is 0 Å². The van der Waals surface area contributed by atoms with Crippen molar-refractivity contribution in [2.24, 2.45) is 17.4 Å². The Labute approximate surface area is 150 Å². The van der Waals surface area contributed by atoms with Crippen LogP contribution in [0, 0.1) is 5.92 Å². The van der Waals surface area contributed by atoms with Crippen LogP contribution in [0.1, 0.15) is 39.5 Å². The predicted octanol–water partition coefficient (Wildman–Crippen LogP) is -1.85. The molecule has 0 spiro atoms. The Morgan fingerprint density at radius 2 is 1.62 bits per heavy atom. The van der Waals surface area contributed by atoms with Gasteiger partial charge in [-0.2, -0.15) is 0 Å². The van der Waals surface area contributed by atoms with Crippen LogP contribution in [0.15, 0.2) is 0 Å². The summed E-state index contributed by atoms with van der Waals surface area (Å²) in [6.07, 6.45) is -0.523. The van der Waals surface area contributed by atoms with Crippen molar-refractivity contribution in [1.29, 1.82) is 0 Å². The summed E-state index contributed by atoms with van der Waals surface area (Å²) < 4.78 is 0. The molecule has 0 aliphatic carbocycles. The molecular formula is C15H26N4O7. The van der Waals surface area contributed by atoms with Gasteiger partial charge in [0.15, 0.2) is 0 Å². The molecule has 8 N–H and O–H groups in total. The van der Waals surface area contributed by atoms with E-state index in [4.69, 9.17) is 16.6 Å². The number of carbonyl (C=O) groups excluding carboxylic acids is 3. The molecule has 148 valence electrons. The number of amides is 3. The number of carboxylic acid groups (broad SMARTS) is 2. The first-order valence-corrected chi connectivity index (χ1v) is 8.08. The van der Waals surface area contributed by atoms with Gasteiger partial charge in [-0.3, -0.25) is 19.2 Å². The van der Waals surface area contributed by atoms with Gasteiger partial charge in [0, 0.05) is 6.42 Å². The monoisotopic (exact) mass is 374 g/mol. The molecule has 0 aliphatic rings. The van der Waals surface area contributed by atoms with Crippen LogP contribution in [-0.2, 0) is 24.0 Å². The lowest BCUT2D eigenvalue weighted by Crippen LogP contribution is -2.56. The molecule has 0 heterocycles. The van der Waals surface area contributed by atoms with Crippen LogP contribution in [0.2, 0.25) is 0 Å². The average Bonchev–Trinajstić information content (AvgIpc) is 2.54. The number of primary amides is 1. The van der Waals surface area contributed by atoms with E-state index >= 15 is 0 Å². The largest absolute Gasteiger partial charge is 0.481 e. The van der Waals surface area contributed by atoms with Crippen molar-refractivity contribution < 1.29 is 34.2 Å². The fraction of sp³-hybridized carbons (Fsp3) is 0.667. The molecule has 3 amide bonds. The van der Waals surface area contributed by atoms with Crippen LogP contribution >= 0.6 is 0 Å². The van der Waals surface area contributed by atoms with Crippen LogP contribution in [-0.4, -0.2) is 58.0 Å². The Kier molecular flexibility index (Phi) is 9.89. The van der Waals surface area contributed by atoms with Gasteiger partial charge < -0.3 is 32.3 Å². The van der Waals surface area contributed by atoms with Gasteiger partial charge in [0.1, 0.15) is 12.1 Å². The quantitative estimate of drug-likeness (QED) is 0.228. The van der Waals surface area contributed by atoms with E-state index in [9.17, 15) is 29.1 Å². The van der Waals surface area contributed by atoms with E-state index in [1.165, 1.54) is 0 Å². The zero-order valence-electron chi connectivity index (χ0n) is 14.7. The summed E-state index contributed by atoms with van der Waals surface area (Å²) in [7, 11) is 0. The van der Waals surface area contributed by atoms with Crippen LogP contribution in [0.3, 0.4) is 0 Å². The maximum Gasteiger partial charge on any atom is 0.326 e. The normalized spacial score (nSPS) is 15.2. The fourth-order valence-corrected chi connectivity index (χ4v) is 2.03. The summed E-state index contributed by atoms with van der Waals surface area (Å²) in [6.45, 7) is 3.35. The van der Waals surface area contributed by atoms with Crippen LogP contribution < -0.4 is 22.1 Å². The molecule has 0 saturated carbocycles. The third kappa shape index (κ3) is 8.42. The first-order valence-electron chi connectivity index (χ1n) is 8.08. The molecule has 0 fully saturated rings. The van der Waals surface area contributed by atoms with Crippen molar-refractivity contribution in [2.75, 3.05) is 0 Å². The Morgan fingerprint density at radius 3 is 2.04 bits per heavy atom. The third-order valence-corrected chi connectivity index (χ3v) is 3.83. The van der Waals surface area contributed by atoms with E-state index in [2.05, 4.69) is 10.6 Å². The molecule has 11 heteroatoms. The van der Waals surface area contributed by atoms with Gasteiger partial charge in [-0.05, 0) is 12.3 Å². The molecule has 0 radical (unpaired) electrons. The van der Waals surface area contributed by atoms with Gasteiger partial charge in [-0.25, -0.2) is 4.79 Å². The second kappa shape index (κ2) is 11.0. The SMILES string of the molecule is CCC(C)C(NC(=O)C(CC(=O)O)NC(=O)C(N)CCC(N)=O)C(=O)O. The summed E-state index contributed by atoms with van der Waals surface area (Å²) in [4.78, 5) is 57.2. The Balaban J connectivity index is 5.08. The highest BCUT2D eigenvalue weighted by Gasteiger charge is 2.31. The number of rotatable bonds is 12. The molecule has 0 aromatic rings. The highest BCUT2D eigenvalue weighted by Crippen LogP contribution is 2.09. The van der Waals surface area contributed by atoms with Gasteiger partial charge in [0.25, 0.3) is 0 Å². The molecule has 0 bridgehead atoms. The van der Waals surface area contributed by atoms with Crippen molar-refractivity contribution >= 4 is 29.7 Å². The summed E-state index contributed by atoms with van der Waals surface area (Å²) in [5, 5.41) is 22.5. The van der Waals surface area contributed by atoms with E-state index in [1.807, 2.05) is 0 Å². The third-order valence-electron chi connectivity index (χ3n) is 3.83. The minimum Gasteiger partial charge on any atom is -0.481 e. The lowest BCUT2D eigenvalue weighted by molar-refractivity contribution is -0.144. The lowest BCUT2D eigenvalue weighted by atomic mass is 9.98. The maximum atomic E-state index is 12.3. The van der Waals surface area contributed by atoms with Crippen LogP contribution in [0.25, 0.3) is 0 Å². The smallest absolute Gasteiger partial charge is 0.326 e. The molecule has 4 atom stereocenters. The average molecular weight is 374 g/mol. The van der Waals surface area contributed by atoms with Gasteiger partial charge >= 0.3 is 11.9 Å². The molecule has 0 saturated heterocycles. The number of nitrogens with one attached hydrogen (secondary N) is 2. The van der Waals surface area contributed by atoms with E-state index in [1.54, 1.807) is 13.8 Å². The number of carbonyl (C=O) groups is 5. The number of aliphatic carboxylic acids is 2. The topological polar surface area (TPSA) is 202 Å². The minimum absolute atomic E-state index is 0.0762. The molecule has 0 rings (SSSR count). The van der Waals surface area contributed by atoms with Gasteiger partial charge in [-0.15, -0.1) is 0 Å². The first-order chi connectivity index (χ1) is 12.0. The van der Waals surface area contributed by atoms with Gasteiger partial charge in [0.2, 0.25) is 17.7 Å². The molecule has 0 aromatic heterocycles. The summed E-state index contributed by atoms with van der Waals surface area (Å²) in [6, 6.07) is -3.91. The second-order valence-corrected chi connectivity index (χ2v) is 5.98. The van der Waals surface area contributed by atoms with Crippen molar-refractivity contribution in [2.45, 2.75) is 57.7 Å². The molecule has 11 nitrogen and oxygen atoms in total. The van der Waals surface area contributed by atoms with Crippen molar-refractivity contribution in [1.82, 2.24) is 10.6 Å².